The molecule has 4 nitrogen and oxygen atoms in total. The molecule has 0 aromatic heterocycles. The van der Waals surface area contributed by atoms with Crippen molar-refractivity contribution in [1.82, 2.24) is 0 Å². The molecule has 28 heavy (non-hydrogen) atoms. The summed E-state index contributed by atoms with van der Waals surface area (Å²) in [5.41, 5.74) is 12.6. The zero-order valence-corrected chi connectivity index (χ0v) is 19.3. The van der Waals surface area contributed by atoms with Crippen LogP contribution < -0.4 is 16.0 Å². The third-order valence-electron chi connectivity index (χ3n) is 5.40. The van der Waals surface area contributed by atoms with Crippen molar-refractivity contribution in [3.05, 3.63) is 59.2 Å². The van der Waals surface area contributed by atoms with Gasteiger partial charge in [0.2, 0.25) is 0 Å². The molecule has 1 fully saturated rings. The van der Waals surface area contributed by atoms with E-state index in [1.54, 1.807) is 0 Å². The summed E-state index contributed by atoms with van der Waals surface area (Å²) < 4.78 is 0. The SMILES string of the molecule is I.NC(=NCc1ccc(N2CCSCC2)cc1)Nc1cccc2c1CCCC2. The molecule has 1 aliphatic carbocycles. The van der Waals surface area contributed by atoms with E-state index in [-0.39, 0.29) is 24.0 Å². The first-order valence-electron chi connectivity index (χ1n) is 9.89. The van der Waals surface area contributed by atoms with Crippen LogP contribution in [0.2, 0.25) is 0 Å². The van der Waals surface area contributed by atoms with Gasteiger partial charge in [-0.15, -0.1) is 24.0 Å². The molecule has 0 radical (unpaired) electrons. The van der Waals surface area contributed by atoms with Gasteiger partial charge in [-0.25, -0.2) is 4.99 Å². The Labute approximate surface area is 189 Å². The van der Waals surface area contributed by atoms with Crippen LogP contribution in [0.25, 0.3) is 0 Å². The Morgan fingerprint density at radius 3 is 2.57 bits per heavy atom. The number of nitrogens with one attached hydrogen (secondary N) is 1. The molecule has 1 heterocycles. The molecule has 0 unspecified atom stereocenters. The van der Waals surface area contributed by atoms with Crippen molar-refractivity contribution in [3.8, 4) is 0 Å². The van der Waals surface area contributed by atoms with Gasteiger partial charge in [0.25, 0.3) is 0 Å². The molecular weight excluding hydrogens is 479 g/mol. The highest BCUT2D eigenvalue weighted by Gasteiger charge is 2.13. The predicted octanol–water partition coefficient (Wildman–Crippen LogP) is 4.66. The standard InChI is InChI=1S/C22H28N4S.HI/c23-22(25-21-7-3-5-18-4-1-2-6-20(18)21)24-16-17-8-10-19(11-9-17)26-12-14-27-15-13-26;/h3,5,7-11H,1-2,4,6,12-16H2,(H3,23,24,25);1H. The summed E-state index contributed by atoms with van der Waals surface area (Å²) in [5.74, 6) is 2.93. The van der Waals surface area contributed by atoms with E-state index in [1.807, 2.05) is 11.8 Å². The molecule has 2 aromatic carbocycles. The Morgan fingerprint density at radius 2 is 1.79 bits per heavy atom. The van der Waals surface area contributed by atoms with Gasteiger partial charge in [0.15, 0.2) is 5.96 Å². The molecule has 1 saturated heterocycles. The minimum Gasteiger partial charge on any atom is -0.370 e. The van der Waals surface area contributed by atoms with Crippen LogP contribution in [-0.4, -0.2) is 30.6 Å². The van der Waals surface area contributed by atoms with Crippen LogP contribution in [0.3, 0.4) is 0 Å². The molecule has 0 atom stereocenters. The Bertz CT molecular complexity index is 801. The summed E-state index contributed by atoms with van der Waals surface area (Å²) in [6.07, 6.45) is 4.84. The van der Waals surface area contributed by atoms with Crippen molar-refractivity contribution in [2.75, 3.05) is 34.8 Å². The maximum Gasteiger partial charge on any atom is 0.193 e. The Balaban J connectivity index is 0.00000225. The molecular formula is C22H29IN4S. The summed E-state index contributed by atoms with van der Waals surface area (Å²) >= 11 is 2.04. The smallest absolute Gasteiger partial charge is 0.193 e. The van der Waals surface area contributed by atoms with Crippen LogP contribution in [0.5, 0.6) is 0 Å². The molecule has 0 spiro atoms. The number of aliphatic imine (C=N–C) groups is 1. The highest BCUT2D eigenvalue weighted by Crippen LogP contribution is 2.27. The number of nitrogens with zero attached hydrogens (tertiary/aromatic N) is 2. The highest BCUT2D eigenvalue weighted by atomic mass is 127. The van der Waals surface area contributed by atoms with Gasteiger partial charge in [0.05, 0.1) is 6.54 Å². The van der Waals surface area contributed by atoms with Gasteiger partial charge < -0.3 is 16.0 Å². The number of aryl methyl sites for hydroxylation is 1. The number of hydrogen-bond donors (Lipinski definition) is 2. The van der Waals surface area contributed by atoms with Crippen molar-refractivity contribution in [1.29, 1.82) is 0 Å². The first-order valence-corrected chi connectivity index (χ1v) is 11.0. The molecule has 2 aromatic rings. The number of halogens is 1. The first kappa shape index (κ1) is 21.3. The van der Waals surface area contributed by atoms with Gasteiger partial charge in [0.1, 0.15) is 0 Å². The fraction of sp³-hybridized carbons (Fsp3) is 0.409. The van der Waals surface area contributed by atoms with E-state index in [4.69, 9.17) is 5.73 Å². The van der Waals surface area contributed by atoms with Crippen LogP contribution in [0.4, 0.5) is 11.4 Å². The van der Waals surface area contributed by atoms with Crippen LogP contribution in [0, 0.1) is 0 Å². The molecule has 2 aliphatic rings. The summed E-state index contributed by atoms with van der Waals surface area (Å²) in [4.78, 5) is 7.00. The lowest BCUT2D eigenvalue weighted by atomic mass is 9.90. The van der Waals surface area contributed by atoms with Gasteiger partial charge >= 0.3 is 0 Å². The third-order valence-corrected chi connectivity index (χ3v) is 6.35. The van der Waals surface area contributed by atoms with Crippen LogP contribution >= 0.6 is 35.7 Å². The van der Waals surface area contributed by atoms with Crippen molar-refractivity contribution in [2.45, 2.75) is 32.2 Å². The van der Waals surface area contributed by atoms with E-state index in [2.05, 4.69) is 57.7 Å². The second-order valence-corrected chi connectivity index (χ2v) is 8.47. The maximum atomic E-state index is 6.16. The molecule has 150 valence electrons. The van der Waals surface area contributed by atoms with E-state index < -0.39 is 0 Å². The topological polar surface area (TPSA) is 53.6 Å². The van der Waals surface area contributed by atoms with E-state index in [9.17, 15) is 0 Å². The fourth-order valence-electron chi connectivity index (χ4n) is 3.89. The van der Waals surface area contributed by atoms with Crippen LogP contribution in [0.1, 0.15) is 29.5 Å². The highest BCUT2D eigenvalue weighted by molar-refractivity contribution is 14.0. The molecule has 0 saturated carbocycles. The molecule has 4 rings (SSSR count). The number of rotatable bonds is 4. The average Bonchev–Trinajstić information content (AvgIpc) is 2.74. The van der Waals surface area contributed by atoms with E-state index in [0.29, 0.717) is 12.5 Å². The molecule has 3 N–H and O–H groups in total. The Kier molecular flexibility index (Phi) is 7.91. The van der Waals surface area contributed by atoms with Crippen LogP contribution in [0.15, 0.2) is 47.5 Å². The summed E-state index contributed by atoms with van der Waals surface area (Å²) in [5, 5.41) is 3.32. The van der Waals surface area contributed by atoms with Crippen molar-refractivity contribution < 1.29 is 0 Å². The van der Waals surface area contributed by atoms with Crippen molar-refractivity contribution >= 4 is 53.1 Å². The van der Waals surface area contributed by atoms with Gasteiger partial charge in [0, 0.05) is 36.0 Å². The third kappa shape index (κ3) is 5.35. The van der Waals surface area contributed by atoms with Gasteiger partial charge in [-0.1, -0.05) is 24.3 Å². The average molecular weight is 508 g/mol. The number of benzene rings is 2. The number of fused-ring (bicyclic) bond motifs is 1. The minimum atomic E-state index is 0. The molecule has 1 aliphatic heterocycles. The van der Waals surface area contributed by atoms with E-state index >= 15 is 0 Å². The zero-order valence-electron chi connectivity index (χ0n) is 16.2. The van der Waals surface area contributed by atoms with Gasteiger partial charge in [-0.2, -0.15) is 11.8 Å². The predicted molar refractivity (Wildman–Crippen MR) is 133 cm³/mol. The number of nitrogens with two attached hydrogens (primary N) is 1. The zero-order chi connectivity index (χ0) is 18.5. The number of hydrogen-bond acceptors (Lipinski definition) is 3. The lowest BCUT2D eigenvalue weighted by Crippen LogP contribution is -2.32. The molecule has 6 heteroatoms. The fourth-order valence-corrected chi connectivity index (χ4v) is 4.79. The quantitative estimate of drug-likeness (QED) is 0.358. The van der Waals surface area contributed by atoms with E-state index in [1.165, 1.54) is 53.1 Å². The van der Waals surface area contributed by atoms with Crippen molar-refractivity contribution in [2.24, 2.45) is 10.7 Å². The monoisotopic (exact) mass is 508 g/mol. The number of guanidine groups is 1. The first-order chi connectivity index (χ1) is 13.3. The Hall–Kier alpha value is -1.41. The number of thioether (sulfide) groups is 1. The second kappa shape index (κ2) is 10.4. The van der Waals surface area contributed by atoms with Gasteiger partial charge in [-0.05, 0) is 60.6 Å². The van der Waals surface area contributed by atoms with Crippen molar-refractivity contribution in [3.63, 3.8) is 0 Å². The second-order valence-electron chi connectivity index (χ2n) is 7.24. The molecule has 0 amide bonds. The number of anilines is 2. The Morgan fingerprint density at radius 1 is 1.04 bits per heavy atom. The lowest BCUT2D eigenvalue weighted by molar-refractivity contribution is 0.687. The largest absolute Gasteiger partial charge is 0.370 e. The summed E-state index contributed by atoms with van der Waals surface area (Å²) in [6, 6.07) is 15.2. The summed E-state index contributed by atoms with van der Waals surface area (Å²) in [7, 11) is 0. The van der Waals surface area contributed by atoms with Gasteiger partial charge in [-0.3, -0.25) is 0 Å². The summed E-state index contributed by atoms with van der Waals surface area (Å²) in [6.45, 7) is 2.88. The molecule has 0 bridgehead atoms. The minimum absolute atomic E-state index is 0. The maximum absolute atomic E-state index is 6.16. The lowest BCUT2D eigenvalue weighted by Gasteiger charge is -2.28. The normalized spacial score (nSPS) is 16.9. The van der Waals surface area contributed by atoms with Crippen LogP contribution in [-0.2, 0) is 19.4 Å². The van der Waals surface area contributed by atoms with E-state index in [0.717, 1.165) is 25.2 Å².